The molecule has 7 heteroatoms. The van der Waals surface area contributed by atoms with Gasteiger partial charge in [-0.05, 0) is 30.3 Å². The number of nitrogens with zero attached hydrogens (tertiary/aromatic N) is 2. The van der Waals surface area contributed by atoms with Crippen molar-refractivity contribution in [3.8, 4) is 5.75 Å². The van der Waals surface area contributed by atoms with Crippen LogP contribution in [-0.4, -0.2) is 57.4 Å². The first-order valence-corrected chi connectivity index (χ1v) is 10.8. The summed E-state index contributed by atoms with van der Waals surface area (Å²) in [5.41, 5.74) is 1.57. The van der Waals surface area contributed by atoms with E-state index in [-0.39, 0.29) is 5.91 Å². The Morgan fingerprint density at radius 1 is 1.21 bits per heavy atom. The monoisotopic (exact) mass is 412 g/mol. The second-order valence-electron chi connectivity index (χ2n) is 7.12. The zero-order valence-electron chi connectivity index (χ0n) is 16.6. The smallest absolute Gasteiger partial charge is 0.260 e. The van der Waals surface area contributed by atoms with Crippen LogP contribution in [-0.2, 0) is 4.74 Å². The van der Waals surface area contributed by atoms with E-state index in [1.165, 1.54) is 16.2 Å². The molecule has 1 fully saturated rings. The molecule has 2 aromatic carbocycles. The Morgan fingerprint density at radius 3 is 2.76 bits per heavy atom. The predicted octanol–water partition coefficient (Wildman–Crippen LogP) is 2.26. The Hall–Kier alpha value is -2.48. The van der Waals surface area contributed by atoms with Crippen molar-refractivity contribution < 1.29 is 19.2 Å². The minimum atomic E-state index is -0.00593. The van der Waals surface area contributed by atoms with Gasteiger partial charge in [0.1, 0.15) is 18.8 Å². The lowest BCUT2D eigenvalue weighted by Crippen LogP contribution is -3.14. The number of anilines is 1. The first-order chi connectivity index (χ1) is 14.2. The topological polar surface area (TPSA) is 56.1 Å². The summed E-state index contributed by atoms with van der Waals surface area (Å²) in [6.45, 7) is 5.39. The highest BCUT2D eigenvalue weighted by molar-refractivity contribution is 7.22. The Labute approximate surface area is 174 Å². The van der Waals surface area contributed by atoms with Crippen LogP contribution in [0.1, 0.15) is 16.8 Å². The third-order valence-corrected chi connectivity index (χ3v) is 6.23. The number of rotatable bonds is 7. The van der Waals surface area contributed by atoms with Gasteiger partial charge in [0.15, 0.2) is 5.13 Å². The number of carbonyl (C=O) groups is 1. The zero-order valence-corrected chi connectivity index (χ0v) is 17.4. The van der Waals surface area contributed by atoms with Gasteiger partial charge in [-0.25, -0.2) is 4.98 Å². The van der Waals surface area contributed by atoms with Crippen molar-refractivity contribution in [3.63, 3.8) is 0 Å². The number of fused-ring (bicyclic) bond motifs is 1. The van der Waals surface area contributed by atoms with Gasteiger partial charge in [0.2, 0.25) is 0 Å². The zero-order chi connectivity index (χ0) is 20.1. The number of methoxy groups -OCH3 is 1. The summed E-state index contributed by atoms with van der Waals surface area (Å²) in [5, 5.41) is 0.735. The molecule has 1 aromatic heterocycles. The van der Waals surface area contributed by atoms with Crippen molar-refractivity contribution in [1.82, 2.24) is 4.98 Å². The summed E-state index contributed by atoms with van der Waals surface area (Å²) < 4.78 is 11.8. The number of hydrogen-bond donors (Lipinski definition) is 1. The highest BCUT2D eigenvalue weighted by Crippen LogP contribution is 2.32. The number of hydrogen-bond acceptors (Lipinski definition) is 5. The van der Waals surface area contributed by atoms with Crippen molar-refractivity contribution >= 4 is 32.6 Å². The SMILES string of the molecule is COc1ccc2nc(N(CCC[NH+]3CCOCC3)C(=O)c3ccccc3)sc2c1. The second-order valence-corrected chi connectivity index (χ2v) is 8.13. The Balaban J connectivity index is 1.56. The fraction of sp³-hybridized carbons (Fsp3) is 0.364. The van der Waals surface area contributed by atoms with E-state index in [9.17, 15) is 4.79 Å². The van der Waals surface area contributed by atoms with Crippen molar-refractivity contribution in [1.29, 1.82) is 0 Å². The van der Waals surface area contributed by atoms with Crippen LogP contribution in [0, 0.1) is 0 Å². The second kappa shape index (κ2) is 9.35. The molecule has 0 bridgehead atoms. The number of morpholine rings is 1. The van der Waals surface area contributed by atoms with E-state index in [1.54, 1.807) is 7.11 Å². The fourth-order valence-corrected chi connectivity index (χ4v) is 4.57. The molecule has 0 atom stereocenters. The van der Waals surface area contributed by atoms with Crippen LogP contribution < -0.4 is 14.5 Å². The number of thiazole rings is 1. The summed E-state index contributed by atoms with van der Waals surface area (Å²) >= 11 is 1.53. The molecule has 1 N–H and O–H groups in total. The first kappa shape index (κ1) is 19.8. The summed E-state index contributed by atoms with van der Waals surface area (Å²) in [7, 11) is 1.66. The van der Waals surface area contributed by atoms with Gasteiger partial charge in [0.05, 0.1) is 37.1 Å². The Kier molecular flexibility index (Phi) is 6.39. The fourth-order valence-electron chi connectivity index (χ4n) is 3.55. The molecule has 1 aliphatic rings. The van der Waals surface area contributed by atoms with Gasteiger partial charge in [0, 0.05) is 18.5 Å². The molecular formula is C22H26N3O3S+. The highest BCUT2D eigenvalue weighted by atomic mass is 32.1. The largest absolute Gasteiger partial charge is 0.497 e. The van der Waals surface area contributed by atoms with Gasteiger partial charge in [-0.1, -0.05) is 29.5 Å². The maximum absolute atomic E-state index is 13.3. The molecule has 1 amide bonds. The van der Waals surface area contributed by atoms with Crippen LogP contribution in [0.2, 0.25) is 0 Å². The molecule has 0 unspecified atom stereocenters. The number of aromatic nitrogens is 1. The summed E-state index contributed by atoms with van der Waals surface area (Å²) in [4.78, 5) is 21.4. The van der Waals surface area contributed by atoms with E-state index in [2.05, 4.69) is 0 Å². The van der Waals surface area contributed by atoms with Gasteiger partial charge < -0.3 is 14.4 Å². The van der Waals surface area contributed by atoms with E-state index >= 15 is 0 Å². The molecule has 0 spiro atoms. The molecule has 6 nitrogen and oxygen atoms in total. The molecule has 29 heavy (non-hydrogen) atoms. The minimum Gasteiger partial charge on any atom is -0.497 e. The third-order valence-electron chi connectivity index (χ3n) is 5.19. The maximum atomic E-state index is 13.3. The molecule has 0 radical (unpaired) electrons. The van der Waals surface area contributed by atoms with Crippen molar-refractivity contribution in [3.05, 3.63) is 54.1 Å². The minimum absolute atomic E-state index is 0.00593. The van der Waals surface area contributed by atoms with Gasteiger partial charge in [-0.15, -0.1) is 0 Å². The van der Waals surface area contributed by atoms with Crippen LogP contribution in [0.15, 0.2) is 48.5 Å². The number of ether oxygens (including phenoxy) is 2. The number of quaternary nitrogens is 1. The highest BCUT2D eigenvalue weighted by Gasteiger charge is 2.22. The number of nitrogens with one attached hydrogen (secondary N) is 1. The third kappa shape index (κ3) is 4.75. The lowest BCUT2D eigenvalue weighted by atomic mass is 10.2. The van der Waals surface area contributed by atoms with Crippen LogP contribution in [0.25, 0.3) is 10.2 Å². The number of carbonyl (C=O) groups excluding carboxylic acids is 1. The van der Waals surface area contributed by atoms with E-state index in [1.807, 2.05) is 53.4 Å². The van der Waals surface area contributed by atoms with Crippen molar-refractivity contribution in [2.45, 2.75) is 6.42 Å². The van der Waals surface area contributed by atoms with Crippen LogP contribution in [0.5, 0.6) is 5.75 Å². The van der Waals surface area contributed by atoms with Crippen LogP contribution >= 0.6 is 11.3 Å². The van der Waals surface area contributed by atoms with Crippen LogP contribution in [0.3, 0.4) is 0 Å². The number of benzene rings is 2. The lowest BCUT2D eigenvalue weighted by Gasteiger charge is -2.25. The standard InChI is InChI=1S/C22H25N3O3S/c1-27-18-8-9-19-20(16-18)29-22(23-19)25(21(26)17-6-3-2-4-7-17)11-5-10-24-12-14-28-15-13-24/h2-4,6-9,16H,5,10-15H2,1H3/p+1. The van der Waals surface area contributed by atoms with E-state index in [0.717, 1.165) is 60.4 Å². The van der Waals surface area contributed by atoms with Crippen molar-refractivity contribution in [2.75, 3.05) is 51.4 Å². The van der Waals surface area contributed by atoms with Crippen LogP contribution in [0.4, 0.5) is 5.13 Å². The van der Waals surface area contributed by atoms with Gasteiger partial charge in [0.25, 0.3) is 5.91 Å². The molecule has 152 valence electrons. The molecule has 0 saturated carbocycles. The average molecular weight is 413 g/mol. The van der Waals surface area contributed by atoms with Gasteiger partial charge in [-0.3, -0.25) is 9.69 Å². The Bertz CT molecular complexity index is 954. The van der Waals surface area contributed by atoms with Crippen molar-refractivity contribution in [2.24, 2.45) is 0 Å². The molecule has 2 heterocycles. The molecule has 0 aliphatic carbocycles. The molecular weight excluding hydrogens is 386 g/mol. The normalized spacial score (nSPS) is 14.8. The molecule has 4 rings (SSSR count). The average Bonchev–Trinajstić information content (AvgIpc) is 3.20. The molecule has 1 saturated heterocycles. The molecule has 3 aromatic rings. The summed E-state index contributed by atoms with van der Waals surface area (Å²) in [6, 6.07) is 15.2. The predicted molar refractivity (Wildman–Crippen MR) is 115 cm³/mol. The first-order valence-electron chi connectivity index (χ1n) is 9.97. The van der Waals surface area contributed by atoms with E-state index in [0.29, 0.717) is 12.1 Å². The van der Waals surface area contributed by atoms with E-state index in [4.69, 9.17) is 14.5 Å². The summed E-state index contributed by atoms with van der Waals surface area (Å²) in [5.74, 6) is 0.790. The van der Waals surface area contributed by atoms with Gasteiger partial charge >= 0.3 is 0 Å². The van der Waals surface area contributed by atoms with Gasteiger partial charge in [-0.2, -0.15) is 0 Å². The van der Waals surface area contributed by atoms with E-state index < -0.39 is 0 Å². The maximum Gasteiger partial charge on any atom is 0.260 e. The Morgan fingerprint density at radius 2 is 2.00 bits per heavy atom. The quantitative estimate of drug-likeness (QED) is 0.647. The lowest BCUT2D eigenvalue weighted by molar-refractivity contribution is -0.908. The summed E-state index contributed by atoms with van der Waals surface area (Å²) in [6.07, 6.45) is 0.924. The molecule has 1 aliphatic heterocycles. The number of amides is 1.